The maximum atomic E-state index is 12.3. The Balaban J connectivity index is 0.000000133. The Morgan fingerprint density at radius 2 is 0.982 bits per heavy atom. The molecule has 1 N–H and O–H groups in total. The zero-order chi connectivity index (χ0) is 41.7. The fourth-order valence-corrected chi connectivity index (χ4v) is 6.93. The molecule has 1 saturated heterocycles. The number of aromatic nitrogens is 8. The minimum atomic E-state index is -0.469. The number of hydrogen-bond acceptors (Lipinski definition) is 6. The lowest BCUT2D eigenvalue weighted by molar-refractivity contribution is 0.00578. The van der Waals surface area contributed by atoms with Gasteiger partial charge in [-0.05, 0) is 109 Å². The predicted octanol–water partition coefficient (Wildman–Crippen LogP) is 4.38. The molecule has 0 aromatic carbocycles. The molecule has 57 heavy (non-hydrogen) atoms. The molecule has 0 atom stereocenters. The highest BCUT2D eigenvalue weighted by Crippen LogP contribution is 2.36. The summed E-state index contributed by atoms with van der Waals surface area (Å²) in [5.41, 5.74) is 8.19. The zero-order valence-corrected chi connectivity index (χ0v) is 34.7. The Bertz CT molecular complexity index is 3000. The lowest BCUT2D eigenvalue weighted by Gasteiger charge is -2.32. The first-order chi connectivity index (χ1) is 26.7. The van der Waals surface area contributed by atoms with Gasteiger partial charge < -0.3 is 45.6 Å². The minimum Gasteiger partial charge on any atom is -0.398 e. The summed E-state index contributed by atoms with van der Waals surface area (Å²) in [4.78, 5) is 49.4. The lowest BCUT2D eigenvalue weighted by Crippen LogP contribution is -2.41. The van der Waals surface area contributed by atoms with Gasteiger partial charge in [-0.25, -0.2) is 0 Å². The van der Waals surface area contributed by atoms with Crippen LogP contribution in [0.25, 0.3) is 22.1 Å². The number of hydrogen-bond donors (Lipinski definition) is 1. The molecule has 0 amide bonds. The first-order valence-electron chi connectivity index (χ1n) is 18.7. The minimum absolute atomic E-state index is 0.0160. The van der Waals surface area contributed by atoms with E-state index in [4.69, 9.17) is 9.31 Å². The standard InChI is InChI=1S/C15H21BN2O3.C10H12N2O.C9H10N2O.C8H8N2O/c1-10-9-11(16-20-14(2,3)15(4,5)21-16)18-8-7-17(6)13(19)12(10)18;1-7-6-8(2)12-5-4-11(3)10(13)9(7)12;1-7-3-4-11-6-5-10(2)9(12)8(7)11;1-6-2-4-10-5-3-9-8(11)7(6)10/h7-9H,1-6H3;4-6H,1-3H3;3-6H,1-2H3;2-5H,1H3,(H,9,11). The van der Waals surface area contributed by atoms with Gasteiger partial charge in [0.25, 0.3) is 22.2 Å². The van der Waals surface area contributed by atoms with Gasteiger partial charge in [0.1, 0.15) is 22.1 Å². The number of nitrogens with zero attached hydrogens (tertiary/aromatic N) is 7. The van der Waals surface area contributed by atoms with E-state index in [1.54, 1.807) is 59.6 Å². The Kier molecular flexibility index (Phi) is 10.8. The van der Waals surface area contributed by atoms with Gasteiger partial charge in [-0.3, -0.25) is 19.2 Å². The maximum absolute atomic E-state index is 12.3. The van der Waals surface area contributed by atoms with E-state index in [9.17, 15) is 19.2 Å². The highest BCUT2D eigenvalue weighted by atomic mass is 16.7. The third-order valence-electron chi connectivity index (χ3n) is 11.0. The third-order valence-corrected chi connectivity index (χ3v) is 11.0. The first-order valence-corrected chi connectivity index (χ1v) is 18.7. The Hall–Kier alpha value is -6.06. The van der Waals surface area contributed by atoms with E-state index in [0.717, 1.165) is 50.1 Å². The molecule has 0 spiro atoms. The lowest BCUT2D eigenvalue weighted by atomic mass is 9.84. The molecule has 0 saturated carbocycles. The van der Waals surface area contributed by atoms with Crippen molar-refractivity contribution in [3.8, 4) is 0 Å². The summed E-state index contributed by atoms with van der Waals surface area (Å²) >= 11 is 0. The number of aryl methyl sites for hydroxylation is 8. The average molecular weight is 775 g/mol. The molecule has 0 radical (unpaired) electrons. The SMILES string of the molecule is Cc1cc(B2OC(C)(C)C(C)(C)O2)n2ccn(C)c(=O)c12.Cc1cc(C)n2ccn(C)c(=O)c12.Cc1ccn2cc[nH]c(=O)c12.Cc1ccn2ccn(C)c(=O)c12. The molecular weight excluding hydrogens is 723 g/mol. The highest BCUT2D eigenvalue weighted by molar-refractivity contribution is 6.61. The van der Waals surface area contributed by atoms with Gasteiger partial charge in [0.05, 0.1) is 16.8 Å². The summed E-state index contributed by atoms with van der Waals surface area (Å²) in [6.07, 6.45) is 18.2. The van der Waals surface area contributed by atoms with Crippen LogP contribution in [-0.2, 0) is 30.5 Å². The van der Waals surface area contributed by atoms with E-state index in [1.807, 2.05) is 141 Å². The molecule has 14 nitrogen and oxygen atoms in total. The summed E-state index contributed by atoms with van der Waals surface area (Å²) in [6.45, 7) is 17.8. The van der Waals surface area contributed by atoms with Gasteiger partial charge >= 0.3 is 7.12 Å². The van der Waals surface area contributed by atoms with Gasteiger partial charge in [0, 0.05) is 88.8 Å². The molecule has 9 heterocycles. The Labute approximate surface area is 329 Å². The molecule has 15 heteroatoms. The van der Waals surface area contributed by atoms with Crippen molar-refractivity contribution in [3.05, 3.63) is 156 Å². The molecule has 1 aliphatic rings. The summed E-state index contributed by atoms with van der Waals surface area (Å²) in [5, 5.41) is 0. The number of rotatable bonds is 1. The molecule has 8 aromatic heterocycles. The number of H-pyrrole nitrogens is 1. The molecule has 0 aliphatic carbocycles. The summed E-state index contributed by atoms with van der Waals surface area (Å²) in [7, 11) is 4.81. The van der Waals surface area contributed by atoms with Gasteiger partial charge in [-0.1, -0.05) is 0 Å². The topological polar surface area (TPSA) is 135 Å². The van der Waals surface area contributed by atoms with Crippen LogP contribution in [0.4, 0.5) is 0 Å². The monoisotopic (exact) mass is 774 g/mol. The highest BCUT2D eigenvalue weighted by Gasteiger charge is 2.52. The van der Waals surface area contributed by atoms with Crippen molar-refractivity contribution in [2.24, 2.45) is 21.1 Å². The van der Waals surface area contributed by atoms with Crippen LogP contribution in [-0.4, -0.2) is 54.6 Å². The summed E-state index contributed by atoms with van der Waals surface area (Å²) in [6, 6.07) is 7.86. The molecular formula is C42H51BN8O6. The second-order valence-electron chi connectivity index (χ2n) is 15.7. The van der Waals surface area contributed by atoms with Gasteiger partial charge in [-0.15, -0.1) is 0 Å². The van der Waals surface area contributed by atoms with Crippen molar-refractivity contribution < 1.29 is 9.31 Å². The van der Waals surface area contributed by atoms with Crippen molar-refractivity contribution in [1.29, 1.82) is 0 Å². The second kappa shape index (κ2) is 15.1. The fraction of sp³-hybridized carbons (Fsp3) is 0.333. The van der Waals surface area contributed by atoms with Crippen LogP contribution in [0.1, 0.15) is 55.6 Å². The molecule has 0 unspecified atom stereocenters. The van der Waals surface area contributed by atoms with Crippen LogP contribution in [0, 0.1) is 34.6 Å². The number of fused-ring (bicyclic) bond motifs is 4. The van der Waals surface area contributed by atoms with Crippen LogP contribution in [0.15, 0.2) is 105 Å². The Morgan fingerprint density at radius 1 is 0.526 bits per heavy atom. The van der Waals surface area contributed by atoms with Crippen LogP contribution >= 0.6 is 0 Å². The van der Waals surface area contributed by atoms with Crippen molar-refractivity contribution in [2.75, 3.05) is 0 Å². The molecule has 1 aliphatic heterocycles. The van der Waals surface area contributed by atoms with Gasteiger partial charge in [0.2, 0.25) is 0 Å². The van der Waals surface area contributed by atoms with E-state index in [2.05, 4.69) is 4.98 Å². The second-order valence-corrected chi connectivity index (χ2v) is 15.7. The quantitative estimate of drug-likeness (QED) is 0.246. The Morgan fingerprint density at radius 3 is 1.54 bits per heavy atom. The smallest absolute Gasteiger partial charge is 0.398 e. The van der Waals surface area contributed by atoms with E-state index in [1.165, 1.54) is 0 Å². The van der Waals surface area contributed by atoms with Gasteiger partial charge in [-0.2, -0.15) is 0 Å². The van der Waals surface area contributed by atoms with E-state index < -0.39 is 18.3 Å². The number of nitrogens with one attached hydrogen (secondary N) is 1. The fourth-order valence-electron chi connectivity index (χ4n) is 6.93. The molecule has 1 fully saturated rings. The molecule has 8 aromatic rings. The first kappa shape index (κ1) is 40.6. The van der Waals surface area contributed by atoms with E-state index >= 15 is 0 Å². The zero-order valence-electron chi connectivity index (χ0n) is 34.7. The van der Waals surface area contributed by atoms with Crippen LogP contribution in [0.5, 0.6) is 0 Å². The summed E-state index contributed by atoms with van der Waals surface area (Å²) in [5.74, 6) is 0. The summed E-state index contributed by atoms with van der Waals surface area (Å²) < 4.78 is 24.4. The predicted molar refractivity (Wildman–Crippen MR) is 225 cm³/mol. The molecule has 9 rings (SSSR count). The van der Waals surface area contributed by atoms with Crippen molar-refractivity contribution in [1.82, 2.24) is 36.3 Å². The van der Waals surface area contributed by atoms with Crippen molar-refractivity contribution >= 4 is 34.8 Å². The van der Waals surface area contributed by atoms with Crippen LogP contribution in [0.3, 0.4) is 0 Å². The normalized spacial score (nSPS) is 14.4. The van der Waals surface area contributed by atoms with Crippen LogP contribution < -0.4 is 27.8 Å². The maximum Gasteiger partial charge on any atom is 0.512 e. The largest absolute Gasteiger partial charge is 0.512 e. The van der Waals surface area contributed by atoms with Crippen molar-refractivity contribution in [2.45, 2.75) is 73.5 Å². The number of aromatic amines is 1. The average Bonchev–Trinajstić information content (AvgIpc) is 3.93. The van der Waals surface area contributed by atoms with Gasteiger partial charge in [0.15, 0.2) is 0 Å². The van der Waals surface area contributed by atoms with E-state index in [0.29, 0.717) is 5.52 Å². The van der Waals surface area contributed by atoms with Crippen molar-refractivity contribution in [3.63, 3.8) is 0 Å². The third kappa shape index (κ3) is 7.47. The molecule has 298 valence electrons. The van der Waals surface area contributed by atoms with Crippen LogP contribution in [0.2, 0.25) is 0 Å². The molecule has 0 bridgehead atoms. The van der Waals surface area contributed by atoms with E-state index in [-0.39, 0.29) is 22.2 Å².